The highest BCUT2D eigenvalue weighted by Gasteiger charge is 2.09. The summed E-state index contributed by atoms with van der Waals surface area (Å²) in [4.78, 5) is 12.0. The molecule has 0 fully saturated rings. The average Bonchev–Trinajstić information content (AvgIpc) is 2.36. The van der Waals surface area contributed by atoms with Crippen molar-refractivity contribution in [3.63, 3.8) is 0 Å². The molecule has 0 amide bonds. The molecular formula is C15H27N3O. The Bertz CT molecular complexity index is 426. The van der Waals surface area contributed by atoms with Crippen LogP contribution < -0.4 is 10.9 Å². The van der Waals surface area contributed by atoms with Gasteiger partial charge in [0.15, 0.2) is 0 Å². The maximum Gasteiger partial charge on any atom is 0.268 e. The number of hydrogen-bond acceptors (Lipinski definition) is 3. The van der Waals surface area contributed by atoms with E-state index in [0.29, 0.717) is 12.0 Å². The molecule has 0 radical (unpaired) electrons. The maximum absolute atomic E-state index is 12.0. The van der Waals surface area contributed by atoms with Crippen molar-refractivity contribution in [3.05, 3.63) is 22.6 Å². The molecule has 0 saturated carbocycles. The van der Waals surface area contributed by atoms with Crippen LogP contribution >= 0.6 is 0 Å². The van der Waals surface area contributed by atoms with Crippen LogP contribution in [0.4, 0.5) is 5.69 Å². The third kappa shape index (κ3) is 5.45. The zero-order chi connectivity index (χ0) is 14.3. The highest BCUT2D eigenvalue weighted by Crippen LogP contribution is 2.14. The van der Waals surface area contributed by atoms with E-state index in [1.807, 2.05) is 13.8 Å². The van der Waals surface area contributed by atoms with E-state index >= 15 is 0 Å². The van der Waals surface area contributed by atoms with E-state index in [1.54, 1.807) is 16.9 Å². The SMILES string of the molecule is CCCCC(CC)Cn1ncc(NC(C)C)cc1=O. The molecular weight excluding hydrogens is 238 g/mol. The molecule has 1 rings (SSSR count). The van der Waals surface area contributed by atoms with Gasteiger partial charge in [-0.3, -0.25) is 4.79 Å². The zero-order valence-electron chi connectivity index (χ0n) is 12.6. The predicted octanol–water partition coefficient (Wildman–Crippen LogP) is 3.28. The van der Waals surface area contributed by atoms with Crippen LogP contribution in [0.5, 0.6) is 0 Å². The quantitative estimate of drug-likeness (QED) is 0.784. The Balaban J connectivity index is 2.70. The molecule has 19 heavy (non-hydrogen) atoms. The molecule has 1 N–H and O–H groups in total. The number of rotatable bonds is 8. The van der Waals surface area contributed by atoms with E-state index in [1.165, 1.54) is 19.3 Å². The fraction of sp³-hybridized carbons (Fsp3) is 0.733. The smallest absolute Gasteiger partial charge is 0.268 e. The zero-order valence-corrected chi connectivity index (χ0v) is 12.6. The largest absolute Gasteiger partial charge is 0.381 e. The molecule has 0 bridgehead atoms. The second-order valence-electron chi connectivity index (χ2n) is 5.48. The standard InChI is InChI=1S/C15H27N3O/c1-5-7-8-13(6-2)11-18-15(19)9-14(10-16-18)17-12(3)4/h9-10,12-13,17H,5-8,11H2,1-4H3. The summed E-state index contributed by atoms with van der Waals surface area (Å²) in [6.07, 6.45) is 6.44. The van der Waals surface area contributed by atoms with Crippen LogP contribution in [0, 0.1) is 5.92 Å². The van der Waals surface area contributed by atoms with E-state index in [0.717, 1.165) is 18.7 Å². The van der Waals surface area contributed by atoms with Crippen LogP contribution in [-0.4, -0.2) is 15.8 Å². The van der Waals surface area contributed by atoms with E-state index < -0.39 is 0 Å². The summed E-state index contributed by atoms with van der Waals surface area (Å²) in [7, 11) is 0. The number of nitrogens with one attached hydrogen (secondary N) is 1. The van der Waals surface area contributed by atoms with Gasteiger partial charge in [0.1, 0.15) is 0 Å². The molecule has 0 aliphatic heterocycles. The first-order chi connectivity index (χ1) is 9.06. The first-order valence-corrected chi connectivity index (χ1v) is 7.40. The van der Waals surface area contributed by atoms with Crippen LogP contribution in [-0.2, 0) is 6.54 Å². The fourth-order valence-corrected chi connectivity index (χ4v) is 2.14. The summed E-state index contributed by atoms with van der Waals surface area (Å²) < 4.78 is 1.59. The first kappa shape index (κ1) is 15.7. The Hall–Kier alpha value is -1.32. The lowest BCUT2D eigenvalue weighted by Gasteiger charge is -2.16. The summed E-state index contributed by atoms with van der Waals surface area (Å²) in [6.45, 7) is 9.20. The molecule has 108 valence electrons. The van der Waals surface area contributed by atoms with Crippen molar-refractivity contribution in [2.75, 3.05) is 5.32 Å². The number of anilines is 1. The Kier molecular flexibility index (Phi) is 6.60. The van der Waals surface area contributed by atoms with Gasteiger partial charge in [0.2, 0.25) is 0 Å². The van der Waals surface area contributed by atoms with E-state index in [2.05, 4.69) is 24.3 Å². The Morgan fingerprint density at radius 1 is 1.37 bits per heavy atom. The lowest BCUT2D eigenvalue weighted by atomic mass is 9.99. The average molecular weight is 265 g/mol. The summed E-state index contributed by atoms with van der Waals surface area (Å²) in [5.41, 5.74) is 0.790. The molecule has 4 heteroatoms. The lowest BCUT2D eigenvalue weighted by Crippen LogP contribution is -2.26. The topological polar surface area (TPSA) is 46.9 Å². The van der Waals surface area contributed by atoms with Crippen molar-refractivity contribution in [3.8, 4) is 0 Å². The highest BCUT2D eigenvalue weighted by atomic mass is 16.1. The number of aromatic nitrogens is 2. The summed E-state index contributed by atoms with van der Waals surface area (Å²) in [6, 6.07) is 1.95. The van der Waals surface area contributed by atoms with Gasteiger partial charge in [-0.1, -0.05) is 33.1 Å². The van der Waals surface area contributed by atoms with E-state index in [-0.39, 0.29) is 5.56 Å². The van der Waals surface area contributed by atoms with Gasteiger partial charge < -0.3 is 5.32 Å². The maximum atomic E-state index is 12.0. The van der Waals surface area contributed by atoms with Crippen molar-refractivity contribution < 1.29 is 0 Å². The lowest BCUT2D eigenvalue weighted by molar-refractivity contribution is 0.363. The molecule has 0 aliphatic rings. The third-order valence-corrected chi connectivity index (χ3v) is 3.30. The minimum atomic E-state index is -0.0133. The van der Waals surface area contributed by atoms with Gasteiger partial charge in [-0.25, -0.2) is 4.68 Å². The minimum absolute atomic E-state index is 0.0133. The van der Waals surface area contributed by atoms with Gasteiger partial charge in [-0.15, -0.1) is 0 Å². The molecule has 0 spiro atoms. The first-order valence-electron chi connectivity index (χ1n) is 7.40. The van der Waals surface area contributed by atoms with Crippen molar-refractivity contribution in [2.45, 2.75) is 66.0 Å². The summed E-state index contributed by atoms with van der Waals surface area (Å²) in [5, 5.41) is 7.47. The molecule has 0 aromatic carbocycles. The van der Waals surface area contributed by atoms with Crippen molar-refractivity contribution in [1.82, 2.24) is 9.78 Å². The minimum Gasteiger partial charge on any atom is -0.381 e. The second-order valence-corrected chi connectivity index (χ2v) is 5.48. The van der Waals surface area contributed by atoms with Gasteiger partial charge in [-0.2, -0.15) is 5.10 Å². The fourth-order valence-electron chi connectivity index (χ4n) is 2.14. The third-order valence-electron chi connectivity index (χ3n) is 3.30. The van der Waals surface area contributed by atoms with Crippen LogP contribution in [0.1, 0.15) is 53.4 Å². The normalized spacial score (nSPS) is 12.7. The van der Waals surface area contributed by atoms with Crippen molar-refractivity contribution in [1.29, 1.82) is 0 Å². The summed E-state index contributed by atoms with van der Waals surface area (Å²) in [5.74, 6) is 0.550. The van der Waals surface area contributed by atoms with Crippen molar-refractivity contribution >= 4 is 5.69 Å². The van der Waals surface area contributed by atoms with Crippen LogP contribution in [0.15, 0.2) is 17.1 Å². The molecule has 0 aliphatic carbocycles. The predicted molar refractivity (Wildman–Crippen MR) is 80.6 cm³/mol. The van der Waals surface area contributed by atoms with Crippen LogP contribution in [0.3, 0.4) is 0 Å². The van der Waals surface area contributed by atoms with E-state index in [9.17, 15) is 4.79 Å². The second kappa shape index (κ2) is 7.97. The van der Waals surface area contributed by atoms with Gasteiger partial charge in [-0.05, 0) is 26.2 Å². The van der Waals surface area contributed by atoms with Crippen molar-refractivity contribution in [2.24, 2.45) is 5.92 Å². The molecule has 1 unspecified atom stereocenters. The van der Waals surface area contributed by atoms with Gasteiger partial charge >= 0.3 is 0 Å². The Morgan fingerprint density at radius 2 is 2.11 bits per heavy atom. The summed E-state index contributed by atoms with van der Waals surface area (Å²) >= 11 is 0. The van der Waals surface area contributed by atoms with Gasteiger partial charge in [0.25, 0.3) is 5.56 Å². The monoisotopic (exact) mass is 265 g/mol. The van der Waals surface area contributed by atoms with Crippen LogP contribution in [0.25, 0.3) is 0 Å². The van der Waals surface area contributed by atoms with Gasteiger partial charge in [0.05, 0.1) is 11.9 Å². The highest BCUT2D eigenvalue weighted by molar-refractivity contribution is 5.39. The molecule has 1 aromatic heterocycles. The van der Waals surface area contributed by atoms with Gasteiger partial charge in [0, 0.05) is 18.7 Å². The van der Waals surface area contributed by atoms with E-state index in [4.69, 9.17) is 0 Å². The Morgan fingerprint density at radius 3 is 2.63 bits per heavy atom. The number of nitrogens with zero attached hydrogens (tertiary/aromatic N) is 2. The molecule has 1 aromatic rings. The molecule has 4 nitrogen and oxygen atoms in total. The molecule has 1 atom stereocenters. The number of hydrogen-bond donors (Lipinski definition) is 1. The van der Waals surface area contributed by atoms with Crippen LogP contribution in [0.2, 0.25) is 0 Å². The Labute approximate surface area is 116 Å². The molecule has 1 heterocycles. The molecule has 0 saturated heterocycles. The number of unbranched alkanes of at least 4 members (excludes halogenated alkanes) is 1.